The van der Waals surface area contributed by atoms with E-state index in [0.717, 1.165) is 0 Å². The molecule has 0 spiro atoms. The van der Waals surface area contributed by atoms with E-state index in [1.165, 1.54) is 91.0 Å². The number of anilines is 1. The number of aromatic nitrogens is 1. The molecule has 1 aromatic carbocycles. The predicted molar refractivity (Wildman–Crippen MR) is 133 cm³/mol. The van der Waals surface area contributed by atoms with E-state index >= 15 is 0 Å². The van der Waals surface area contributed by atoms with Crippen LogP contribution in [0.1, 0.15) is 65.2 Å². The van der Waals surface area contributed by atoms with Crippen LogP contribution in [0.4, 0.5) is 5.69 Å². The summed E-state index contributed by atoms with van der Waals surface area (Å²) in [6.07, 6.45) is 14.3. The predicted octanol–water partition coefficient (Wildman–Crippen LogP) is 8.44. The first kappa shape index (κ1) is 22.6. The van der Waals surface area contributed by atoms with E-state index in [9.17, 15) is 0 Å². The van der Waals surface area contributed by atoms with Crippen LogP contribution in [0.3, 0.4) is 0 Å². The summed E-state index contributed by atoms with van der Waals surface area (Å²) in [6.45, 7) is 6.92. The summed E-state index contributed by atoms with van der Waals surface area (Å²) in [5.74, 6) is 0. The summed E-state index contributed by atoms with van der Waals surface area (Å²) in [7, 11) is 0. The number of rotatable bonds is 13. The van der Waals surface area contributed by atoms with Crippen molar-refractivity contribution in [3.63, 3.8) is 0 Å². The van der Waals surface area contributed by atoms with Gasteiger partial charge in [-0.05, 0) is 60.4 Å². The third-order valence-electron chi connectivity index (χ3n) is 5.65. The fourth-order valence-corrected chi connectivity index (χ4v) is 4.85. The molecule has 0 bridgehead atoms. The first-order valence-corrected chi connectivity index (χ1v) is 12.5. The van der Waals surface area contributed by atoms with Gasteiger partial charge in [0.1, 0.15) is 0 Å². The Morgan fingerprint density at radius 2 is 1.17 bits per heavy atom. The van der Waals surface area contributed by atoms with E-state index in [-0.39, 0.29) is 0 Å². The van der Waals surface area contributed by atoms with Gasteiger partial charge in [0, 0.05) is 40.9 Å². The van der Waals surface area contributed by atoms with Crippen LogP contribution in [0.5, 0.6) is 0 Å². The standard InChI is InChI=1S/C27H36N2S/c1-3-5-7-9-21-29(22-10-8-6-4-2)25-13-11-23(12-14-25)26-15-16-27(30-26)24-17-19-28-20-18-24/h11-20H,3-10,21-22H2,1-2H3. The lowest BCUT2D eigenvalue weighted by atomic mass is 10.1. The van der Waals surface area contributed by atoms with Gasteiger partial charge in [0.25, 0.3) is 0 Å². The third-order valence-corrected chi connectivity index (χ3v) is 6.83. The van der Waals surface area contributed by atoms with Gasteiger partial charge in [0.15, 0.2) is 0 Å². The molecule has 2 heterocycles. The van der Waals surface area contributed by atoms with Crippen molar-refractivity contribution in [1.82, 2.24) is 4.98 Å². The molecule has 3 heteroatoms. The Balaban J connectivity index is 1.66. The van der Waals surface area contributed by atoms with Crippen LogP contribution in [-0.2, 0) is 0 Å². The summed E-state index contributed by atoms with van der Waals surface area (Å²) < 4.78 is 0. The number of hydrogen-bond acceptors (Lipinski definition) is 3. The van der Waals surface area contributed by atoms with Gasteiger partial charge in [-0.2, -0.15) is 0 Å². The number of nitrogens with zero attached hydrogens (tertiary/aromatic N) is 2. The number of unbranched alkanes of at least 4 members (excludes halogenated alkanes) is 6. The molecule has 2 aromatic heterocycles. The highest BCUT2D eigenvalue weighted by Gasteiger charge is 2.09. The van der Waals surface area contributed by atoms with E-state index in [1.807, 2.05) is 23.7 Å². The van der Waals surface area contributed by atoms with Crippen LogP contribution in [-0.4, -0.2) is 18.1 Å². The van der Waals surface area contributed by atoms with Gasteiger partial charge in [0.2, 0.25) is 0 Å². The second kappa shape index (κ2) is 12.5. The van der Waals surface area contributed by atoms with Crippen LogP contribution < -0.4 is 4.90 Å². The van der Waals surface area contributed by atoms with Gasteiger partial charge in [-0.15, -0.1) is 11.3 Å². The normalized spacial score (nSPS) is 11.0. The minimum absolute atomic E-state index is 1.18. The Morgan fingerprint density at radius 3 is 1.70 bits per heavy atom. The number of pyridine rings is 1. The SMILES string of the molecule is CCCCCCN(CCCCCC)c1ccc(-c2ccc(-c3ccncc3)s2)cc1. The van der Waals surface area contributed by atoms with Gasteiger partial charge in [-0.25, -0.2) is 0 Å². The first-order chi connectivity index (χ1) is 14.8. The molecule has 0 fully saturated rings. The number of benzene rings is 1. The zero-order chi connectivity index (χ0) is 21.0. The molecule has 0 atom stereocenters. The van der Waals surface area contributed by atoms with Crippen molar-refractivity contribution in [2.45, 2.75) is 65.2 Å². The van der Waals surface area contributed by atoms with Crippen LogP contribution >= 0.6 is 11.3 Å². The van der Waals surface area contributed by atoms with Gasteiger partial charge in [-0.1, -0.05) is 64.5 Å². The van der Waals surface area contributed by atoms with Gasteiger partial charge in [0.05, 0.1) is 0 Å². The van der Waals surface area contributed by atoms with E-state index in [2.05, 4.69) is 72.3 Å². The van der Waals surface area contributed by atoms with Crippen molar-refractivity contribution in [2.24, 2.45) is 0 Å². The summed E-state index contributed by atoms with van der Waals surface area (Å²) >= 11 is 1.85. The second-order valence-electron chi connectivity index (χ2n) is 8.06. The maximum Gasteiger partial charge on any atom is 0.0366 e. The molecule has 3 aromatic rings. The summed E-state index contributed by atoms with van der Waals surface area (Å²) in [6, 6.07) is 17.8. The molecule has 0 radical (unpaired) electrons. The number of thiophene rings is 1. The van der Waals surface area contributed by atoms with Crippen LogP contribution in [0, 0.1) is 0 Å². The Bertz CT molecular complexity index is 827. The Hall–Kier alpha value is -2.13. The van der Waals surface area contributed by atoms with Crippen molar-refractivity contribution in [2.75, 3.05) is 18.0 Å². The Morgan fingerprint density at radius 1 is 0.633 bits per heavy atom. The molecule has 0 saturated heterocycles. The molecule has 0 amide bonds. The smallest absolute Gasteiger partial charge is 0.0366 e. The molecule has 0 unspecified atom stereocenters. The third kappa shape index (κ3) is 6.70. The van der Waals surface area contributed by atoms with Crippen molar-refractivity contribution in [1.29, 1.82) is 0 Å². The fraction of sp³-hybridized carbons (Fsp3) is 0.444. The maximum absolute atomic E-state index is 4.12. The molecular weight excluding hydrogens is 384 g/mol. The van der Waals surface area contributed by atoms with Gasteiger partial charge < -0.3 is 4.90 Å². The molecule has 2 nitrogen and oxygen atoms in total. The molecule has 160 valence electrons. The largest absolute Gasteiger partial charge is 0.372 e. The van der Waals surface area contributed by atoms with E-state index < -0.39 is 0 Å². The minimum Gasteiger partial charge on any atom is -0.372 e. The summed E-state index contributed by atoms with van der Waals surface area (Å²) in [4.78, 5) is 9.35. The quantitative estimate of drug-likeness (QED) is 0.258. The van der Waals surface area contributed by atoms with Crippen molar-refractivity contribution >= 4 is 17.0 Å². The van der Waals surface area contributed by atoms with Crippen LogP contribution in [0.25, 0.3) is 20.9 Å². The summed E-state index contributed by atoms with van der Waals surface area (Å²) in [5.41, 5.74) is 3.92. The molecule has 0 aliphatic carbocycles. The summed E-state index contributed by atoms with van der Waals surface area (Å²) in [5, 5.41) is 0. The second-order valence-corrected chi connectivity index (χ2v) is 9.14. The average Bonchev–Trinajstić information content (AvgIpc) is 3.29. The zero-order valence-electron chi connectivity index (χ0n) is 18.6. The van der Waals surface area contributed by atoms with Crippen LogP contribution in [0.15, 0.2) is 60.9 Å². The molecule has 0 N–H and O–H groups in total. The van der Waals surface area contributed by atoms with E-state index in [4.69, 9.17) is 0 Å². The van der Waals surface area contributed by atoms with Crippen LogP contribution in [0.2, 0.25) is 0 Å². The lowest BCUT2D eigenvalue weighted by molar-refractivity contribution is 0.609. The highest BCUT2D eigenvalue weighted by atomic mass is 32.1. The molecule has 0 aliphatic heterocycles. The average molecular weight is 421 g/mol. The lowest BCUT2D eigenvalue weighted by Crippen LogP contribution is -2.25. The van der Waals surface area contributed by atoms with E-state index in [0.29, 0.717) is 0 Å². The maximum atomic E-state index is 4.12. The van der Waals surface area contributed by atoms with E-state index in [1.54, 1.807) is 0 Å². The van der Waals surface area contributed by atoms with Crippen molar-refractivity contribution in [3.8, 4) is 20.9 Å². The van der Waals surface area contributed by atoms with Gasteiger partial charge >= 0.3 is 0 Å². The molecule has 30 heavy (non-hydrogen) atoms. The van der Waals surface area contributed by atoms with Crippen molar-refractivity contribution in [3.05, 3.63) is 60.9 Å². The topological polar surface area (TPSA) is 16.1 Å². The molecule has 0 saturated carbocycles. The zero-order valence-corrected chi connectivity index (χ0v) is 19.5. The molecule has 0 aliphatic rings. The highest BCUT2D eigenvalue weighted by Crippen LogP contribution is 2.35. The monoisotopic (exact) mass is 420 g/mol. The Kier molecular flexibility index (Phi) is 9.43. The first-order valence-electron chi connectivity index (χ1n) is 11.7. The minimum atomic E-state index is 1.18. The van der Waals surface area contributed by atoms with Gasteiger partial charge in [-0.3, -0.25) is 4.98 Å². The highest BCUT2D eigenvalue weighted by molar-refractivity contribution is 7.18. The fourth-order valence-electron chi connectivity index (χ4n) is 3.83. The lowest BCUT2D eigenvalue weighted by Gasteiger charge is -2.25. The number of hydrogen-bond donors (Lipinski definition) is 0. The Labute approximate surface area is 187 Å². The molecular formula is C27H36N2S. The van der Waals surface area contributed by atoms with Crippen molar-refractivity contribution < 1.29 is 0 Å². The molecule has 3 rings (SSSR count).